The highest BCUT2D eigenvalue weighted by molar-refractivity contribution is 5.79. The number of aliphatic imine (C=N–C) groups is 1. The molecule has 0 bridgehead atoms. The number of nitrogens with one attached hydrogen (secondary N) is 1. The number of hydrogen-bond donors (Lipinski definition) is 1. The minimum absolute atomic E-state index is 0.430. The highest BCUT2D eigenvalue weighted by Crippen LogP contribution is 2.19. The lowest BCUT2D eigenvalue weighted by molar-refractivity contribution is 0.161. The fraction of sp³-hybridized carbons (Fsp3) is 0.800. The standard InChI is InChI=1S/C20H38N6/c1-7-21-20(22-13-18-11-9-10-12-26(18)8-2)24(5)14-17-15-25(6)23-19(17)16(3)4/h15-16,18H,7-14H2,1-6H3,(H,21,22). The van der Waals surface area contributed by atoms with Crippen LogP contribution in [0, 0.1) is 0 Å². The minimum atomic E-state index is 0.430. The molecule has 1 aliphatic rings. The van der Waals surface area contributed by atoms with E-state index in [-0.39, 0.29) is 0 Å². The molecular weight excluding hydrogens is 324 g/mol. The lowest BCUT2D eigenvalue weighted by atomic mass is 10.0. The first-order valence-electron chi connectivity index (χ1n) is 10.2. The number of likely N-dealkylation sites (N-methyl/N-ethyl adjacent to an activating group) is 1. The Kier molecular flexibility index (Phi) is 7.94. The summed E-state index contributed by atoms with van der Waals surface area (Å²) in [7, 11) is 4.12. The van der Waals surface area contributed by atoms with Gasteiger partial charge in [0.2, 0.25) is 0 Å². The summed E-state index contributed by atoms with van der Waals surface area (Å²) in [5.41, 5.74) is 2.46. The molecule has 0 spiro atoms. The number of nitrogens with zero attached hydrogens (tertiary/aromatic N) is 5. The van der Waals surface area contributed by atoms with Crippen molar-refractivity contribution in [3.05, 3.63) is 17.5 Å². The van der Waals surface area contributed by atoms with Crippen LogP contribution < -0.4 is 5.32 Å². The molecule has 6 heteroatoms. The van der Waals surface area contributed by atoms with Crippen LogP contribution in [0.1, 0.15) is 64.1 Å². The van der Waals surface area contributed by atoms with Crippen molar-refractivity contribution in [2.24, 2.45) is 12.0 Å². The molecule has 148 valence electrons. The van der Waals surface area contributed by atoms with Gasteiger partial charge in [0.25, 0.3) is 0 Å². The predicted octanol–water partition coefficient (Wildman–Crippen LogP) is 2.82. The zero-order valence-electron chi connectivity index (χ0n) is 17.6. The predicted molar refractivity (Wildman–Crippen MR) is 110 cm³/mol. The van der Waals surface area contributed by atoms with E-state index < -0.39 is 0 Å². The Morgan fingerprint density at radius 1 is 1.38 bits per heavy atom. The van der Waals surface area contributed by atoms with Crippen LogP contribution in [-0.2, 0) is 13.6 Å². The average Bonchev–Trinajstić information content (AvgIpc) is 2.99. The van der Waals surface area contributed by atoms with Gasteiger partial charge >= 0.3 is 0 Å². The maximum absolute atomic E-state index is 4.98. The Hall–Kier alpha value is -1.56. The molecule has 1 fully saturated rings. The summed E-state index contributed by atoms with van der Waals surface area (Å²) < 4.78 is 1.92. The first-order valence-corrected chi connectivity index (χ1v) is 10.2. The van der Waals surface area contributed by atoms with Gasteiger partial charge in [0, 0.05) is 45.0 Å². The molecule has 6 nitrogen and oxygen atoms in total. The third-order valence-corrected chi connectivity index (χ3v) is 5.20. The van der Waals surface area contributed by atoms with Crippen molar-refractivity contribution >= 4 is 5.96 Å². The van der Waals surface area contributed by atoms with Gasteiger partial charge in [0.1, 0.15) is 0 Å². The SMILES string of the molecule is CCNC(=NCC1CCCCN1CC)N(C)Cc1cn(C)nc1C(C)C. The van der Waals surface area contributed by atoms with Crippen LogP contribution in [0.3, 0.4) is 0 Å². The number of aryl methyl sites for hydroxylation is 1. The Balaban J connectivity index is 2.07. The van der Waals surface area contributed by atoms with E-state index in [2.05, 4.69) is 61.2 Å². The van der Waals surface area contributed by atoms with E-state index in [1.807, 2.05) is 11.7 Å². The van der Waals surface area contributed by atoms with Crippen LogP contribution in [0.15, 0.2) is 11.2 Å². The molecule has 0 saturated carbocycles. The molecule has 1 N–H and O–H groups in total. The molecule has 1 unspecified atom stereocenters. The lowest BCUT2D eigenvalue weighted by Gasteiger charge is -2.34. The molecule has 2 heterocycles. The molecule has 0 aromatic carbocycles. The van der Waals surface area contributed by atoms with Crippen molar-refractivity contribution in [1.82, 2.24) is 24.9 Å². The highest BCUT2D eigenvalue weighted by Gasteiger charge is 2.21. The maximum Gasteiger partial charge on any atom is 0.194 e. The molecule has 1 saturated heterocycles. The first kappa shape index (κ1) is 20.7. The van der Waals surface area contributed by atoms with Gasteiger partial charge < -0.3 is 10.2 Å². The molecule has 0 radical (unpaired) electrons. The van der Waals surface area contributed by atoms with E-state index in [1.165, 1.54) is 37.1 Å². The summed E-state index contributed by atoms with van der Waals surface area (Å²) in [4.78, 5) is 9.78. The average molecular weight is 363 g/mol. The number of hydrogen-bond acceptors (Lipinski definition) is 3. The summed E-state index contributed by atoms with van der Waals surface area (Å²) in [5, 5.41) is 8.09. The van der Waals surface area contributed by atoms with Crippen LogP contribution >= 0.6 is 0 Å². The van der Waals surface area contributed by atoms with Gasteiger partial charge in [0.05, 0.1) is 12.2 Å². The van der Waals surface area contributed by atoms with Crippen molar-refractivity contribution in [2.45, 2.75) is 65.5 Å². The smallest absolute Gasteiger partial charge is 0.194 e. The van der Waals surface area contributed by atoms with Crippen molar-refractivity contribution in [1.29, 1.82) is 0 Å². The number of rotatable bonds is 7. The largest absolute Gasteiger partial charge is 0.357 e. The second-order valence-corrected chi connectivity index (χ2v) is 7.70. The second kappa shape index (κ2) is 9.95. The summed E-state index contributed by atoms with van der Waals surface area (Å²) >= 11 is 0. The highest BCUT2D eigenvalue weighted by atomic mass is 15.3. The van der Waals surface area contributed by atoms with Crippen molar-refractivity contribution in [3.8, 4) is 0 Å². The Morgan fingerprint density at radius 3 is 2.81 bits per heavy atom. The topological polar surface area (TPSA) is 48.7 Å². The molecular formula is C20H38N6. The normalized spacial score (nSPS) is 19.2. The minimum Gasteiger partial charge on any atom is -0.357 e. The van der Waals surface area contributed by atoms with Gasteiger partial charge in [-0.25, -0.2) is 0 Å². The van der Waals surface area contributed by atoms with Crippen LogP contribution in [0.5, 0.6) is 0 Å². The van der Waals surface area contributed by atoms with E-state index in [1.54, 1.807) is 0 Å². The van der Waals surface area contributed by atoms with Crippen molar-refractivity contribution in [3.63, 3.8) is 0 Å². The van der Waals surface area contributed by atoms with E-state index in [0.717, 1.165) is 32.1 Å². The quantitative estimate of drug-likeness (QED) is 0.598. The molecule has 1 aromatic heterocycles. The number of aromatic nitrogens is 2. The number of likely N-dealkylation sites (tertiary alicyclic amines) is 1. The Labute approximate surface area is 159 Å². The first-order chi connectivity index (χ1) is 12.5. The fourth-order valence-corrected chi connectivity index (χ4v) is 3.84. The molecule has 1 atom stereocenters. The van der Waals surface area contributed by atoms with Gasteiger partial charge in [-0.1, -0.05) is 27.2 Å². The van der Waals surface area contributed by atoms with Crippen LogP contribution in [0.4, 0.5) is 0 Å². The van der Waals surface area contributed by atoms with Crippen LogP contribution in [0.25, 0.3) is 0 Å². The van der Waals surface area contributed by atoms with Crippen LogP contribution in [-0.4, -0.2) is 64.8 Å². The fourth-order valence-electron chi connectivity index (χ4n) is 3.84. The molecule has 1 aliphatic heterocycles. The van der Waals surface area contributed by atoms with E-state index in [0.29, 0.717) is 12.0 Å². The zero-order valence-corrected chi connectivity index (χ0v) is 17.6. The summed E-state index contributed by atoms with van der Waals surface area (Å²) in [6.07, 6.45) is 6.05. The summed E-state index contributed by atoms with van der Waals surface area (Å²) in [6.45, 7) is 13.7. The Morgan fingerprint density at radius 2 is 2.15 bits per heavy atom. The molecule has 26 heavy (non-hydrogen) atoms. The maximum atomic E-state index is 4.98. The number of guanidine groups is 1. The van der Waals surface area contributed by atoms with Crippen LogP contribution in [0.2, 0.25) is 0 Å². The van der Waals surface area contributed by atoms with Gasteiger partial charge in [0.15, 0.2) is 5.96 Å². The summed E-state index contributed by atoms with van der Waals surface area (Å²) in [6, 6.07) is 0.584. The zero-order chi connectivity index (χ0) is 19.1. The van der Waals surface area contributed by atoms with Gasteiger partial charge in [-0.3, -0.25) is 14.6 Å². The lowest BCUT2D eigenvalue weighted by Crippen LogP contribution is -2.43. The third kappa shape index (κ3) is 5.47. The number of piperidine rings is 1. The van der Waals surface area contributed by atoms with E-state index in [9.17, 15) is 0 Å². The second-order valence-electron chi connectivity index (χ2n) is 7.70. The summed E-state index contributed by atoms with van der Waals surface area (Å²) in [5.74, 6) is 1.42. The van der Waals surface area contributed by atoms with Crippen molar-refractivity contribution in [2.75, 3.05) is 33.2 Å². The third-order valence-electron chi connectivity index (χ3n) is 5.20. The Bertz CT molecular complexity index is 577. The molecule has 0 amide bonds. The molecule has 2 rings (SSSR count). The van der Waals surface area contributed by atoms with Gasteiger partial charge in [-0.2, -0.15) is 5.10 Å². The van der Waals surface area contributed by atoms with E-state index >= 15 is 0 Å². The van der Waals surface area contributed by atoms with Crippen molar-refractivity contribution < 1.29 is 0 Å². The van der Waals surface area contributed by atoms with Gasteiger partial charge in [-0.15, -0.1) is 0 Å². The van der Waals surface area contributed by atoms with E-state index in [4.69, 9.17) is 4.99 Å². The molecule has 1 aromatic rings. The van der Waals surface area contributed by atoms with Gasteiger partial charge in [-0.05, 0) is 38.8 Å². The molecule has 0 aliphatic carbocycles. The monoisotopic (exact) mass is 362 g/mol.